The highest BCUT2D eigenvalue weighted by molar-refractivity contribution is 4.78. The summed E-state index contributed by atoms with van der Waals surface area (Å²) in [6.07, 6.45) is 8.48. The number of nitrogens with zero attached hydrogens (tertiary/aromatic N) is 1. The third kappa shape index (κ3) is 3.25. The van der Waals surface area contributed by atoms with Crippen LogP contribution in [0.1, 0.15) is 52.4 Å². The Hall–Kier alpha value is -0.0800. The highest BCUT2D eigenvalue weighted by Gasteiger charge is 2.21. The van der Waals surface area contributed by atoms with Crippen LogP contribution in [0.5, 0.6) is 0 Å². The van der Waals surface area contributed by atoms with Crippen LogP contribution in [-0.2, 0) is 0 Å². The smallest absolute Gasteiger partial charge is 0.0192 e. The van der Waals surface area contributed by atoms with Crippen LogP contribution in [0.25, 0.3) is 0 Å². The van der Waals surface area contributed by atoms with Gasteiger partial charge in [0, 0.05) is 18.6 Å². The number of hydrogen-bond acceptors (Lipinski definition) is 2. The Labute approximate surface area is 88.8 Å². The van der Waals surface area contributed by atoms with Crippen LogP contribution in [0.3, 0.4) is 0 Å². The molecule has 0 radical (unpaired) electrons. The number of rotatable bonds is 4. The van der Waals surface area contributed by atoms with E-state index in [0.717, 1.165) is 19.1 Å². The van der Waals surface area contributed by atoms with Gasteiger partial charge in [-0.25, -0.2) is 0 Å². The van der Waals surface area contributed by atoms with Crippen LogP contribution in [0.4, 0.5) is 0 Å². The molecule has 0 heterocycles. The lowest BCUT2D eigenvalue weighted by atomic mass is 10.1. The van der Waals surface area contributed by atoms with Crippen LogP contribution in [-0.4, -0.2) is 30.1 Å². The van der Waals surface area contributed by atoms with Gasteiger partial charge in [-0.2, -0.15) is 0 Å². The molecule has 0 aromatic carbocycles. The SMILES string of the molecule is CCN(C(C)CN)C1CCCCCC1. The summed E-state index contributed by atoms with van der Waals surface area (Å²) in [5.74, 6) is 0. The van der Waals surface area contributed by atoms with E-state index < -0.39 is 0 Å². The molecule has 0 aromatic rings. The van der Waals surface area contributed by atoms with E-state index in [0.29, 0.717) is 6.04 Å². The maximum Gasteiger partial charge on any atom is 0.0192 e. The molecule has 1 atom stereocenters. The Morgan fingerprint density at radius 1 is 1.21 bits per heavy atom. The molecule has 1 aliphatic carbocycles. The molecule has 1 saturated carbocycles. The molecule has 1 unspecified atom stereocenters. The van der Waals surface area contributed by atoms with E-state index in [1.54, 1.807) is 0 Å². The second-order valence-corrected chi connectivity index (χ2v) is 4.56. The normalized spacial score (nSPS) is 22.3. The van der Waals surface area contributed by atoms with Gasteiger partial charge in [0.15, 0.2) is 0 Å². The Morgan fingerprint density at radius 3 is 2.21 bits per heavy atom. The largest absolute Gasteiger partial charge is 0.329 e. The lowest BCUT2D eigenvalue weighted by molar-refractivity contribution is 0.141. The molecule has 1 rings (SSSR count). The van der Waals surface area contributed by atoms with Gasteiger partial charge in [-0.05, 0) is 26.3 Å². The van der Waals surface area contributed by atoms with E-state index in [1.807, 2.05) is 0 Å². The third-order valence-corrected chi connectivity index (χ3v) is 3.57. The van der Waals surface area contributed by atoms with Crippen molar-refractivity contribution in [2.75, 3.05) is 13.1 Å². The quantitative estimate of drug-likeness (QED) is 0.703. The summed E-state index contributed by atoms with van der Waals surface area (Å²) in [7, 11) is 0. The molecule has 2 heteroatoms. The van der Waals surface area contributed by atoms with Gasteiger partial charge in [0.1, 0.15) is 0 Å². The predicted octanol–water partition coefficient (Wildman–Crippen LogP) is 2.38. The van der Waals surface area contributed by atoms with Gasteiger partial charge in [0.25, 0.3) is 0 Å². The van der Waals surface area contributed by atoms with Crippen LogP contribution in [0, 0.1) is 0 Å². The Morgan fingerprint density at radius 2 is 1.79 bits per heavy atom. The number of nitrogens with two attached hydrogens (primary N) is 1. The first kappa shape index (κ1) is 12.0. The van der Waals surface area contributed by atoms with Crippen molar-refractivity contribution < 1.29 is 0 Å². The predicted molar refractivity (Wildman–Crippen MR) is 62.4 cm³/mol. The minimum absolute atomic E-state index is 0.558. The highest BCUT2D eigenvalue weighted by Crippen LogP contribution is 2.22. The minimum atomic E-state index is 0.558. The van der Waals surface area contributed by atoms with E-state index >= 15 is 0 Å². The van der Waals surface area contributed by atoms with Crippen molar-refractivity contribution in [1.29, 1.82) is 0 Å². The Kier molecular flexibility index (Phi) is 5.49. The van der Waals surface area contributed by atoms with E-state index in [4.69, 9.17) is 5.73 Å². The van der Waals surface area contributed by atoms with Gasteiger partial charge in [-0.1, -0.05) is 32.6 Å². The molecule has 0 saturated heterocycles. The van der Waals surface area contributed by atoms with E-state index in [-0.39, 0.29) is 0 Å². The topological polar surface area (TPSA) is 29.3 Å². The summed E-state index contributed by atoms with van der Waals surface area (Å²) in [4.78, 5) is 2.60. The summed E-state index contributed by atoms with van der Waals surface area (Å²) >= 11 is 0. The van der Waals surface area contributed by atoms with E-state index in [1.165, 1.54) is 38.5 Å². The molecule has 2 N–H and O–H groups in total. The Balaban J connectivity index is 2.48. The van der Waals surface area contributed by atoms with Crippen LogP contribution in [0.15, 0.2) is 0 Å². The molecule has 0 amide bonds. The molecule has 14 heavy (non-hydrogen) atoms. The Bertz CT molecular complexity index is 139. The van der Waals surface area contributed by atoms with Gasteiger partial charge in [0.05, 0.1) is 0 Å². The van der Waals surface area contributed by atoms with Gasteiger partial charge < -0.3 is 5.73 Å². The second kappa shape index (κ2) is 6.41. The van der Waals surface area contributed by atoms with Crippen molar-refractivity contribution in [1.82, 2.24) is 4.90 Å². The molecular weight excluding hydrogens is 172 g/mol. The van der Waals surface area contributed by atoms with Gasteiger partial charge in [-0.15, -0.1) is 0 Å². The number of hydrogen-bond donors (Lipinski definition) is 1. The van der Waals surface area contributed by atoms with E-state index in [9.17, 15) is 0 Å². The summed E-state index contributed by atoms with van der Waals surface area (Å²) < 4.78 is 0. The average molecular weight is 198 g/mol. The fraction of sp³-hybridized carbons (Fsp3) is 1.00. The maximum absolute atomic E-state index is 5.75. The zero-order valence-corrected chi connectivity index (χ0v) is 9.84. The standard InChI is InChI=1S/C12H26N2/c1-3-14(11(2)10-13)12-8-6-4-5-7-9-12/h11-12H,3-10,13H2,1-2H3. The first-order valence-corrected chi connectivity index (χ1v) is 6.25. The van der Waals surface area contributed by atoms with Gasteiger partial charge >= 0.3 is 0 Å². The zero-order valence-electron chi connectivity index (χ0n) is 9.84. The number of likely N-dealkylation sites (N-methyl/N-ethyl adjacent to an activating group) is 1. The molecule has 84 valence electrons. The third-order valence-electron chi connectivity index (χ3n) is 3.57. The van der Waals surface area contributed by atoms with Crippen LogP contribution >= 0.6 is 0 Å². The van der Waals surface area contributed by atoms with E-state index in [2.05, 4.69) is 18.7 Å². The van der Waals surface area contributed by atoms with Crippen molar-refractivity contribution in [3.05, 3.63) is 0 Å². The van der Waals surface area contributed by atoms with Crippen molar-refractivity contribution in [2.45, 2.75) is 64.5 Å². The summed E-state index contributed by atoms with van der Waals surface area (Å²) in [6, 6.07) is 1.36. The van der Waals surface area contributed by atoms with Crippen molar-refractivity contribution in [2.24, 2.45) is 5.73 Å². The maximum atomic E-state index is 5.75. The summed E-state index contributed by atoms with van der Waals surface area (Å²) in [6.45, 7) is 6.47. The zero-order chi connectivity index (χ0) is 10.4. The summed E-state index contributed by atoms with van der Waals surface area (Å²) in [5.41, 5.74) is 5.75. The summed E-state index contributed by atoms with van der Waals surface area (Å²) in [5, 5.41) is 0. The van der Waals surface area contributed by atoms with Gasteiger partial charge in [-0.3, -0.25) is 4.90 Å². The fourth-order valence-corrected chi connectivity index (χ4v) is 2.65. The molecule has 2 nitrogen and oxygen atoms in total. The molecular formula is C12H26N2. The highest BCUT2D eigenvalue weighted by atomic mass is 15.2. The first-order valence-electron chi connectivity index (χ1n) is 6.25. The monoisotopic (exact) mass is 198 g/mol. The molecule has 1 fully saturated rings. The second-order valence-electron chi connectivity index (χ2n) is 4.56. The molecule has 0 bridgehead atoms. The molecule has 1 aliphatic rings. The lowest BCUT2D eigenvalue weighted by Gasteiger charge is -2.34. The lowest BCUT2D eigenvalue weighted by Crippen LogP contribution is -2.45. The fourth-order valence-electron chi connectivity index (χ4n) is 2.65. The average Bonchev–Trinajstić information content (AvgIpc) is 2.47. The van der Waals surface area contributed by atoms with Crippen molar-refractivity contribution in [3.63, 3.8) is 0 Å². The van der Waals surface area contributed by atoms with Crippen molar-refractivity contribution >= 4 is 0 Å². The van der Waals surface area contributed by atoms with Gasteiger partial charge in [0.2, 0.25) is 0 Å². The molecule has 0 aromatic heterocycles. The minimum Gasteiger partial charge on any atom is -0.329 e. The van der Waals surface area contributed by atoms with Crippen LogP contribution < -0.4 is 5.73 Å². The molecule has 0 aliphatic heterocycles. The van der Waals surface area contributed by atoms with Crippen LogP contribution in [0.2, 0.25) is 0 Å². The molecule has 0 spiro atoms. The van der Waals surface area contributed by atoms with Crippen molar-refractivity contribution in [3.8, 4) is 0 Å². The first-order chi connectivity index (χ1) is 6.79.